The molecule has 0 saturated carbocycles. The van der Waals surface area contributed by atoms with Crippen molar-refractivity contribution in [3.63, 3.8) is 0 Å². The zero-order valence-electron chi connectivity index (χ0n) is 13.0. The second-order valence-electron chi connectivity index (χ2n) is 5.25. The van der Waals surface area contributed by atoms with Crippen molar-refractivity contribution < 1.29 is 14.7 Å². The highest BCUT2D eigenvalue weighted by atomic mass is 16.3. The molecule has 2 rings (SSSR count). The third-order valence-electron chi connectivity index (χ3n) is 3.39. The summed E-state index contributed by atoms with van der Waals surface area (Å²) in [5.41, 5.74) is 1.10. The SMILES string of the molecule is CCCCC(=O)Nc1ccc(C(=O)NC2NC=CC=C2O)cc1. The van der Waals surface area contributed by atoms with Gasteiger partial charge in [0.25, 0.3) is 5.91 Å². The van der Waals surface area contributed by atoms with Gasteiger partial charge in [-0.05, 0) is 49.0 Å². The zero-order valence-corrected chi connectivity index (χ0v) is 13.0. The number of aliphatic hydroxyl groups is 1. The van der Waals surface area contributed by atoms with E-state index in [-0.39, 0.29) is 17.6 Å². The highest BCUT2D eigenvalue weighted by Gasteiger charge is 2.17. The van der Waals surface area contributed by atoms with E-state index in [2.05, 4.69) is 16.0 Å². The Hall–Kier alpha value is -2.76. The van der Waals surface area contributed by atoms with E-state index < -0.39 is 6.17 Å². The summed E-state index contributed by atoms with van der Waals surface area (Å²) in [5, 5.41) is 18.0. The van der Waals surface area contributed by atoms with Gasteiger partial charge in [0.15, 0.2) is 6.17 Å². The molecule has 0 aliphatic carbocycles. The van der Waals surface area contributed by atoms with Crippen molar-refractivity contribution in [2.24, 2.45) is 0 Å². The molecule has 23 heavy (non-hydrogen) atoms. The smallest absolute Gasteiger partial charge is 0.253 e. The Morgan fingerprint density at radius 2 is 2.00 bits per heavy atom. The summed E-state index contributed by atoms with van der Waals surface area (Å²) in [5.74, 6) is -0.306. The number of amides is 2. The normalized spacial score (nSPS) is 16.2. The number of benzene rings is 1. The lowest BCUT2D eigenvalue weighted by Gasteiger charge is -2.20. The zero-order chi connectivity index (χ0) is 16.7. The number of hydrogen-bond donors (Lipinski definition) is 4. The molecular formula is C17H21N3O3. The van der Waals surface area contributed by atoms with Gasteiger partial charge in [-0.15, -0.1) is 0 Å². The lowest BCUT2D eigenvalue weighted by atomic mass is 10.1. The lowest BCUT2D eigenvalue weighted by molar-refractivity contribution is -0.116. The average molecular weight is 315 g/mol. The Bertz CT molecular complexity index is 620. The molecule has 1 aromatic rings. The van der Waals surface area contributed by atoms with E-state index in [1.165, 1.54) is 6.08 Å². The van der Waals surface area contributed by atoms with Crippen LogP contribution in [0.15, 0.2) is 48.4 Å². The average Bonchev–Trinajstić information content (AvgIpc) is 2.55. The van der Waals surface area contributed by atoms with Gasteiger partial charge in [0.2, 0.25) is 5.91 Å². The number of hydrogen-bond acceptors (Lipinski definition) is 4. The van der Waals surface area contributed by atoms with Crippen LogP contribution in [-0.4, -0.2) is 23.1 Å². The fourth-order valence-corrected chi connectivity index (χ4v) is 2.08. The van der Waals surface area contributed by atoms with Gasteiger partial charge in [-0.3, -0.25) is 9.59 Å². The van der Waals surface area contributed by atoms with Crippen LogP contribution in [-0.2, 0) is 4.79 Å². The quantitative estimate of drug-likeness (QED) is 0.649. The molecule has 4 N–H and O–H groups in total. The third kappa shape index (κ3) is 4.88. The molecule has 0 fully saturated rings. The standard InChI is InChI=1S/C17H21N3O3/c1-2-3-6-15(22)19-13-9-7-12(8-10-13)17(23)20-16-14(21)5-4-11-18-16/h4-5,7-11,16,18,21H,2-3,6H2,1H3,(H,19,22)(H,20,23). The molecule has 0 radical (unpaired) electrons. The number of rotatable bonds is 6. The molecule has 1 atom stereocenters. The number of allylic oxidation sites excluding steroid dienone is 2. The molecule has 6 nitrogen and oxygen atoms in total. The first kappa shape index (κ1) is 16.6. The fourth-order valence-electron chi connectivity index (χ4n) is 2.08. The predicted octanol–water partition coefficient (Wildman–Crippen LogP) is 2.43. The molecule has 1 aromatic carbocycles. The molecule has 1 aliphatic heterocycles. The molecule has 0 saturated heterocycles. The number of nitrogens with one attached hydrogen (secondary N) is 3. The molecule has 1 heterocycles. The van der Waals surface area contributed by atoms with Gasteiger partial charge in [0, 0.05) is 17.7 Å². The summed E-state index contributed by atoms with van der Waals surface area (Å²) >= 11 is 0. The van der Waals surface area contributed by atoms with Gasteiger partial charge >= 0.3 is 0 Å². The molecule has 6 heteroatoms. The predicted molar refractivity (Wildman–Crippen MR) is 88.8 cm³/mol. The Balaban J connectivity index is 1.91. The Morgan fingerprint density at radius 3 is 2.65 bits per heavy atom. The van der Waals surface area contributed by atoms with E-state index in [0.29, 0.717) is 17.7 Å². The molecule has 122 valence electrons. The van der Waals surface area contributed by atoms with Crippen LogP contribution in [0.2, 0.25) is 0 Å². The Morgan fingerprint density at radius 1 is 1.26 bits per heavy atom. The maximum atomic E-state index is 12.1. The highest BCUT2D eigenvalue weighted by molar-refractivity contribution is 5.96. The van der Waals surface area contributed by atoms with Crippen molar-refractivity contribution in [3.8, 4) is 0 Å². The molecule has 0 aromatic heterocycles. The van der Waals surface area contributed by atoms with Gasteiger partial charge in [-0.2, -0.15) is 0 Å². The summed E-state index contributed by atoms with van der Waals surface area (Å²) in [4.78, 5) is 23.8. The number of dihydropyridines is 1. The maximum absolute atomic E-state index is 12.1. The lowest BCUT2D eigenvalue weighted by Crippen LogP contribution is -2.45. The summed E-state index contributed by atoms with van der Waals surface area (Å²) < 4.78 is 0. The number of carbonyl (C=O) groups is 2. The monoisotopic (exact) mass is 315 g/mol. The number of carbonyl (C=O) groups excluding carboxylic acids is 2. The molecular weight excluding hydrogens is 294 g/mol. The minimum Gasteiger partial charge on any atom is -0.508 e. The maximum Gasteiger partial charge on any atom is 0.253 e. The van der Waals surface area contributed by atoms with Crippen molar-refractivity contribution in [2.45, 2.75) is 32.4 Å². The second kappa shape index (κ2) is 8.03. The van der Waals surface area contributed by atoms with Crippen molar-refractivity contribution in [2.75, 3.05) is 5.32 Å². The van der Waals surface area contributed by atoms with Gasteiger partial charge in [0.05, 0.1) is 0 Å². The first-order valence-corrected chi connectivity index (χ1v) is 7.62. The van der Waals surface area contributed by atoms with E-state index >= 15 is 0 Å². The Labute approximate surface area is 135 Å². The highest BCUT2D eigenvalue weighted by Crippen LogP contribution is 2.11. The van der Waals surface area contributed by atoms with Crippen LogP contribution >= 0.6 is 0 Å². The molecule has 1 aliphatic rings. The molecule has 1 unspecified atom stereocenters. The molecule has 0 spiro atoms. The summed E-state index contributed by atoms with van der Waals surface area (Å²) in [6.45, 7) is 2.03. The van der Waals surface area contributed by atoms with Gasteiger partial charge in [-0.1, -0.05) is 13.3 Å². The molecule has 0 bridgehead atoms. The van der Waals surface area contributed by atoms with Crippen molar-refractivity contribution in [1.82, 2.24) is 10.6 Å². The Kier molecular flexibility index (Phi) is 5.80. The van der Waals surface area contributed by atoms with Crippen LogP contribution in [0.4, 0.5) is 5.69 Å². The van der Waals surface area contributed by atoms with Crippen LogP contribution in [0.3, 0.4) is 0 Å². The van der Waals surface area contributed by atoms with E-state index in [1.807, 2.05) is 6.92 Å². The number of anilines is 1. The van der Waals surface area contributed by atoms with Crippen LogP contribution in [0.5, 0.6) is 0 Å². The largest absolute Gasteiger partial charge is 0.508 e. The van der Waals surface area contributed by atoms with Crippen LogP contribution in [0, 0.1) is 0 Å². The fraction of sp³-hybridized carbons (Fsp3) is 0.294. The summed E-state index contributed by atoms with van der Waals surface area (Å²) in [7, 11) is 0. The first-order chi connectivity index (χ1) is 11.1. The van der Waals surface area contributed by atoms with E-state index in [0.717, 1.165) is 12.8 Å². The van der Waals surface area contributed by atoms with Gasteiger partial charge in [0.1, 0.15) is 5.76 Å². The van der Waals surface area contributed by atoms with Crippen LogP contribution < -0.4 is 16.0 Å². The second-order valence-corrected chi connectivity index (χ2v) is 5.25. The van der Waals surface area contributed by atoms with Crippen molar-refractivity contribution in [3.05, 3.63) is 53.9 Å². The third-order valence-corrected chi connectivity index (χ3v) is 3.39. The minimum atomic E-state index is -0.638. The summed E-state index contributed by atoms with van der Waals surface area (Å²) in [6.07, 6.45) is 6.47. The van der Waals surface area contributed by atoms with E-state index in [9.17, 15) is 14.7 Å². The van der Waals surface area contributed by atoms with E-state index in [1.54, 1.807) is 36.5 Å². The van der Waals surface area contributed by atoms with Crippen molar-refractivity contribution in [1.29, 1.82) is 0 Å². The summed E-state index contributed by atoms with van der Waals surface area (Å²) in [6, 6.07) is 6.62. The van der Waals surface area contributed by atoms with E-state index in [4.69, 9.17) is 0 Å². The topological polar surface area (TPSA) is 90.5 Å². The first-order valence-electron chi connectivity index (χ1n) is 7.62. The van der Waals surface area contributed by atoms with Crippen molar-refractivity contribution >= 4 is 17.5 Å². The van der Waals surface area contributed by atoms with Gasteiger partial charge < -0.3 is 21.1 Å². The molecule has 2 amide bonds. The number of aliphatic hydroxyl groups excluding tert-OH is 1. The van der Waals surface area contributed by atoms with Crippen LogP contribution in [0.25, 0.3) is 0 Å². The van der Waals surface area contributed by atoms with Gasteiger partial charge in [-0.25, -0.2) is 0 Å². The van der Waals surface area contributed by atoms with Crippen LogP contribution in [0.1, 0.15) is 36.5 Å². The number of unbranched alkanes of at least 4 members (excludes halogenated alkanes) is 1. The minimum absolute atomic E-state index is 0.0303.